The van der Waals surface area contributed by atoms with E-state index in [2.05, 4.69) is 40.8 Å². The predicted octanol–water partition coefficient (Wildman–Crippen LogP) is 3.38. The molecule has 0 aliphatic carbocycles. The summed E-state index contributed by atoms with van der Waals surface area (Å²) in [7, 11) is -1.91. The number of likely N-dealkylation sites (tertiary alicyclic amines) is 1. The zero-order valence-electron chi connectivity index (χ0n) is 15.0. The minimum absolute atomic E-state index is 0.108. The molecule has 0 saturated carbocycles. The van der Waals surface area contributed by atoms with E-state index in [1.165, 1.54) is 0 Å². The fraction of sp³-hybridized carbons (Fsp3) is 0.938. The average Bonchev–Trinajstić information content (AvgIpc) is 2.36. The first-order chi connectivity index (χ1) is 10.1. The van der Waals surface area contributed by atoms with E-state index in [9.17, 15) is 9.90 Å². The highest BCUT2D eigenvalue weighted by Crippen LogP contribution is 2.38. The van der Waals surface area contributed by atoms with Gasteiger partial charge in [0.05, 0.1) is 25.4 Å². The van der Waals surface area contributed by atoms with Crippen molar-refractivity contribution in [1.82, 2.24) is 4.90 Å². The van der Waals surface area contributed by atoms with Gasteiger partial charge in [-0.1, -0.05) is 34.1 Å². The Balaban J connectivity index is 2.61. The number of carbonyl (C=O) groups excluding carboxylic acids is 1. The second-order valence-electron chi connectivity index (χ2n) is 7.76. The summed E-state index contributed by atoms with van der Waals surface area (Å²) in [6.07, 6.45) is 1.46. The molecule has 0 radical (unpaired) electrons. The molecule has 0 spiro atoms. The maximum Gasteiger partial charge on any atom is 0.409 e. The Kier molecular flexibility index (Phi) is 6.89. The molecule has 0 aromatic carbocycles. The fourth-order valence-corrected chi connectivity index (χ4v) is 3.61. The zero-order valence-corrected chi connectivity index (χ0v) is 16.0. The predicted molar refractivity (Wildman–Crippen MR) is 90.5 cm³/mol. The Bertz CT molecular complexity index is 368. The highest BCUT2D eigenvalue weighted by atomic mass is 28.4. The second kappa shape index (κ2) is 7.79. The van der Waals surface area contributed by atoms with Crippen LogP contribution in [-0.2, 0) is 9.16 Å². The summed E-state index contributed by atoms with van der Waals surface area (Å²) in [6.45, 7) is 14.3. The molecular weight excluding hydrogens is 298 g/mol. The van der Waals surface area contributed by atoms with Gasteiger partial charge in [-0.15, -0.1) is 0 Å². The topological polar surface area (TPSA) is 59.0 Å². The van der Waals surface area contributed by atoms with Crippen molar-refractivity contribution in [2.75, 3.05) is 19.7 Å². The monoisotopic (exact) mass is 331 g/mol. The van der Waals surface area contributed by atoms with E-state index in [-0.39, 0.29) is 17.2 Å². The van der Waals surface area contributed by atoms with E-state index >= 15 is 0 Å². The summed E-state index contributed by atoms with van der Waals surface area (Å²) >= 11 is 0. The van der Waals surface area contributed by atoms with Crippen molar-refractivity contribution in [3.05, 3.63) is 0 Å². The van der Waals surface area contributed by atoms with Crippen LogP contribution in [0.4, 0.5) is 4.79 Å². The molecule has 6 heteroatoms. The highest BCUT2D eigenvalue weighted by molar-refractivity contribution is 6.74. The number of aliphatic hydroxyl groups excluding tert-OH is 1. The third kappa shape index (κ3) is 5.55. The van der Waals surface area contributed by atoms with Crippen LogP contribution in [0.1, 0.15) is 47.0 Å². The van der Waals surface area contributed by atoms with Crippen LogP contribution >= 0.6 is 0 Å². The maximum absolute atomic E-state index is 12.1. The van der Waals surface area contributed by atoms with Crippen molar-refractivity contribution in [2.45, 2.75) is 77.3 Å². The molecule has 1 saturated heterocycles. The molecule has 1 N–H and O–H groups in total. The van der Waals surface area contributed by atoms with E-state index < -0.39 is 14.4 Å². The molecule has 5 nitrogen and oxygen atoms in total. The molecule has 0 aromatic heterocycles. The first-order valence-electron chi connectivity index (χ1n) is 8.34. The Morgan fingerprint density at radius 2 is 1.95 bits per heavy atom. The normalized spacial score (nSPS) is 23.5. The number of hydrogen-bond donors (Lipinski definition) is 1. The maximum atomic E-state index is 12.1. The van der Waals surface area contributed by atoms with Gasteiger partial charge in [0.1, 0.15) is 0 Å². The molecule has 0 bridgehead atoms. The Labute approximate surface area is 136 Å². The van der Waals surface area contributed by atoms with E-state index in [1.54, 1.807) is 4.90 Å². The number of hydrogen-bond acceptors (Lipinski definition) is 4. The minimum Gasteiger partial charge on any atom is -0.449 e. The van der Waals surface area contributed by atoms with Crippen LogP contribution in [0, 0.1) is 0 Å². The molecule has 1 heterocycles. The number of β-amino-alcohol motifs (C(OH)–C–C–N with tert-alkyl or cyclic N) is 1. The number of unbranched alkanes of at least 4 members (excludes halogenated alkanes) is 1. The van der Waals surface area contributed by atoms with Gasteiger partial charge in [0.2, 0.25) is 0 Å². The summed E-state index contributed by atoms with van der Waals surface area (Å²) in [5.41, 5.74) is 0. The van der Waals surface area contributed by atoms with Gasteiger partial charge in [-0.3, -0.25) is 0 Å². The molecular formula is C16H33NO4Si. The van der Waals surface area contributed by atoms with Crippen LogP contribution in [0.15, 0.2) is 0 Å². The third-order valence-corrected chi connectivity index (χ3v) is 9.17. The molecule has 1 aliphatic heterocycles. The fourth-order valence-electron chi connectivity index (χ4n) is 2.25. The van der Waals surface area contributed by atoms with E-state index in [0.717, 1.165) is 12.8 Å². The van der Waals surface area contributed by atoms with E-state index in [1.807, 2.05) is 0 Å². The second-order valence-corrected chi connectivity index (χ2v) is 12.5. The highest BCUT2D eigenvalue weighted by Gasteiger charge is 2.41. The Hall–Kier alpha value is -0.593. The summed E-state index contributed by atoms with van der Waals surface area (Å²) in [5.74, 6) is 0. The van der Waals surface area contributed by atoms with Gasteiger partial charge in [-0.2, -0.15) is 0 Å². The van der Waals surface area contributed by atoms with Gasteiger partial charge < -0.3 is 19.2 Å². The number of piperidine rings is 1. The summed E-state index contributed by atoms with van der Waals surface area (Å²) < 4.78 is 11.6. The number of aliphatic hydroxyl groups is 1. The molecule has 1 aliphatic rings. The molecule has 2 unspecified atom stereocenters. The Morgan fingerprint density at radius 3 is 2.50 bits per heavy atom. The molecule has 130 valence electrons. The van der Waals surface area contributed by atoms with Crippen molar-refractivity contribution in [3.63, 3.8) is 0 Å². The number of carbonyl (C=O) groups is 1. The van der Waals surface area contributed by atoms with Gasteiger partial charge >= 0.3 is 6.09 Å². The van der Waals surface area contributed by atoms with Gasteiger partial charge in [0, 0.05) is 13.0 Å². The summed E-state index contributed by atoms with van der Waals surface area (Å²) in [6, 6.07) is 0. The van der Waals surface area contributed by atoms with Gasteiger partial charge in [-0.25, -0.2) is 4.79 Å². The molecule has 1 rings (SSSR count). The smallest absolute Gasteiger partial charge is 0.409 e. The van der Waals surface area contributed by atoms with E-state index in [0.29, 0.717) is 26.1 Å². The number of rotatable bonds is 5. The number of amides is 1. The largest absolute Gasteiger partial charge is 0.449 e. The van der Waals surface area contributed by atoms with E-state index in [4.69, 9.17) is 9.16 Å². The first kappa shape index (κ1) is 19.5. The number of nitrogens with zero attached hydrogens (tertiary/aromatic N) is 1. The third-order valence-electron chi connectivity index (χ3n) is 4.64. The van der Waals surface area contributed by atoms with Crippen LogP contribution < -0.4 is 0 Å². The van der Waals surface area contributed by atoms with Gasteiger partial charge in [-0.05, 0) is 24.6 Å². The van der Waals surface area contributed by atoms with Gasteiger partial charge in [0.25, 0.3) is 0 Å². The van der Waals surface area contributed by atoms with Crippen LogP contribution in [0.25, 0.3) is 0 Å². The summed E-state index contributed by atoms with van der Waals surface area (Å²) in [4.78, 5) is 13.7. The minimum atomic E-state index is -1.91. The lowest BCUT2D eigenvalue weighted by Crippen LogP contribution is -2.53. The standard InChI is InChI=1S/C16H33NO4Si/c1-7-8-9-20-15(19)17-11-13(18)10-14(12-17)21-22(5,6)16(2,3)4/h13-14,18H,7-12H2,1-6H3. The van der Waals surface area contributed by atoms with Crippen molar-refractivity contribution >= 4 is 14.4 Å². The SMILES string of the molecule is CCCCOC(=O)N1CC(O)CC(O[Si](C)(C)C(C)(C)C)C1. The lowest BCUT2D eigenvalue weighted by Gasteiger charge is -2.43. The molecule has 2 atom stereocenters. The van der Waals surface area contributed by atoms with Crippen molar-refractivity contribution in [1.29, 1.82) is 0 Å². The van der Waals surface area contributed by atoms with Crippen LogP contribution in [0.2, 0.25) is 18.1 Å². The molecule has 1 amide bonds. The number of ether oxygens (including phenoxy) is 1. The lowest BCUT2D eigenvalue weighted by molar-refractivity contribution is -0.00501. The van der Waals surface area contributed by atoms with Crippen molar-refractivity contribution < 1.29 is 19.1 Å². The summed E-state index contributed by atoms with van der Waals surface area (Å²) in [5, 5.41) is 10.2. The first-order valence-corrected chi connectivity index (χ1v) is 11.2. The quantitative estimate of drug-likeness (QED) is 0.620. The van der Waals surface area contributed by atoms with Crippen molar-refractivity contribution in [2.24, 2.45) is 0 Å². The van der Waals surface area contributed by atoms with Gasteiger partial charge in [0.15, 0.2) is 8.32 Å². The Morgan fingerprint density at radius 1 is 1.32 bits per heavy atom. The lowest BCUT2D eigenvalue weighted by atomic mass is 10.1. The molecule has 1 fully saturated rings. The average molecular weight is 332 g/mol. The van der Waals surface area contributed by atoms with Crippen molar-refractivity contribution in [3.8, 4) is 0 Å². The molecule has 22 heavy (non-hydrogen) atoms. The van der Waals surface area contributed by atoms with Crippen LogP contribution in [0.5, 0.6) is 0 Å². The molecule has 0 aromatic rings. The zero-order chi connectivity index (χ0) is 17.0. The van der Waals surface area contributed by atoms with Crippen LogP contribution in [-0.4, -0.2) is 56.3 Å². The van der Waals surface area contributed by atoms with Crippen LogP contribution in [0.3, 0.4) is 0 Å².